The van der Waals surface area contributed by atoms with Crippen LogP contribution in [-0.2, 0) is 10.2 Å². The molecule has 24 heavy (non-hydrogen) atoms. The topological polar surface area (TPSA) is 79.9 Å². The number of hydrogen-bond acceptors (Lipinski definition) is 5. The molecule has 1 heterocycles. The van der Waals surface area contributed by atoms with Gasteiger partial charge in [-0.2, -0.15) is 10.3 Å². The Morgan fingerprint density at radius 3 is 2.46 bits per heavy atom. The van der Waals surface area contributed by atoms with Gasteiger partial charge in [0.2, 0.25) is 0 Å². The van der Waals surface area contributed by atoms with E-state index in [1.807, 2.05) is 39.0 Å². The van der Waals surface area contributed by atoms with Crippen molar-refractivity contribution in [2.45, 2.75) is 53.4 Å². The third-order valence-electron chi connectivity index (χ3n) is 3.37. The average molecular weight is 330 g/mol. The molecule has 1 aromatic heterocycles. The molecule has 0 unspecified atom stereocenters. The summed E-state index contributed by atoms with van der Waals surface area (Å²) >= 11 is 0. The van der Waals surface area contributed by atoms with E-state index in [4.69, 9.17) is 4.74 Å². The highest BCUT2D eigenvalue weighted by Crippen LogP contribution is 2.35. The normalized spacial score (nSPS) is 12.1. The molecule has 0 atom stereocenters. The maximum Gasteiger partial charge on any atom is 0.311 e. The Kier molecular flexibility index (Phi) is 4.96. The van der Waals surface area contributed by atoms with Crippen LogP contribution in [0, 0.1) is 5.41 Å². The van der Waals surface area contributed by atoms with Crippen molar-refractivity contribution in [3.63, 3.8) is 0 Å². The lowest BCUT2D eigenvalue weighted by atomic mass is 9.86. The van der Waals surface area contributed by atoms with E-state index >= 15 is 0 Å². The molecule has 0 radical (unpaired) electrons. The first kappa shape index (κ1) is 18.0. The highest BCUT2D eigenvalue weighted by Gasteiger charge is 2.23. The maximum absolute atomic E-state index is 12.2. The first-order valence-electron chi connectivity index (χ1n) is 8.03. The lowest BCUT2D eigenvalue weighted by Crippen LogP contribution is -2.20. The van der Waals surface area contributed by atoms with E-state index in [2.05, 4.69) is 41.5 Å². The summed E-state index contributed by atoms with van der Waals surface area (Å²) in [5.41, 5.74) is 1.55. The molecule has 2 rings (SSSR count). The summed E-state index contributed by atoms with van der Waals surface area (Å²) in [6.45, 7) is 12.3. The molecule has 0 bridgehead atoms. The number of ether oxygens (including phenoxy) is 1. The van der Waals surface area contributed by atoms with Gasteiger partial charge in [0.25, 0.3) is 0 Å². The number of aromatic nitrogens is 3. The summed E-state index contributed by atoms with van der Waals surface area (Å²) in [6.07, 6.45) is 1.98. The first-order chi connectivity index (χ1) is 11.0. The van der Waals surface area contributed by atoms with E-state index in [0.717, 1.165) is 11.3 Å². The Balaban J connectivity index is 2.26. The van der Waals surface area contributed by atoms with E-state index in [1.54, 1.807) is 6.20 Å². The van der Waals surface area contributed by atoms with Crippen LogP contribution in [0.15, 0.2) is 24.4 Å². The lowest BCUT2D eigenvalue weighted by Gasteiger charge is -2.24. The fourth-order valence-corrected chi connectivity index (χ4v) is 2.28. The Bertz CT molecular complexity index is 695. The van der Waals surface area contributed by atoms with Gasteiger partial charge in [0, 0.05) is 11.3 Å². The predicted octanol–water partition coefficient (Wildman–Crippen LogP) is 4.19. The summed E-state index contributed by atoms with van der Waals surface area (Å²) in [7, 11) is 0. The van der Waals surface area contributed by atoms with E-state index in [1.165, 1.54) is 0 Å². The zero-order valence-electron chi connectivity index (χ0n) is 15.2. The van der Waals surface area contributed by atoms with Crippen LogP contribution in [0.2, 0.25) is 0 Å². The largest absolute Gasteiger partial charge is 0.426 e. The van der Waals surface area contributed by atoms with Gasteiger partial charge >= 0.3 is 5.97 Å². The zero-order valence-corrected chi connectivity index (χ0v) is 15.2. The second-order valence-electron chi connectivity index (χ2n) is 8.15. The van der Waals surface area contributed by atoms with Crippen molar-refractivity contribution < 1.29 is 9.53 Å². The molecule has 0 saturated carbocycles. The second-order valence-corrected chi connectivity index (χ2v) is 8.15. The fourth-order valence-electron chi connectivity index (χ4n) is 2.28. The number of carbonyl (C=O) groups is 1. The fraction of sp³-hybridized carbons (Fsp3) is 0.500. The van der Waals surface area contributed by atoms with Crippen molar-refractivity contribution >= 4 is 17.5 Å². The molecule has 2 aromatic rings. The van der Waals surface area contributed by atoms with Crippen LogP contribution in [0.4, 0.5) is 11.5 Å². The summed E-state index contributed by atoms with van der Waals surface area (Å²) < 4.78 is 5.64. The minimum Gasteiger partial charge on any atom is -0.426 e. The van der Waals surface area contributed by atoms with Gasteiger partial charge in [0.15, 0.2) is 5.82 Å². The minimum atomic E-state index is -0.217. The number of esters is 1. The average Bonchev–Trinajstić information content (AvgIpc) is 2.90. The van der Waals surface area contributed by atoms with E-state index in [0.29, 0.717) is 18.0 Å². The summed E-state index contributed by atoms with van der Waals surface area (Å²) in [4.78, 5) is 12.2. The molecule has 2 N–H and O–H groups in total. The molecular weight excluding hydrogens is 304 g/mol. The molecule has 0 aliphatic carbocycles. The molecule has 0 saturated heterocycles. The molecule has 6 heteroatoms. The number of aromatic amines is 1. The van der Waals surface area contributed by atoms with Crippen molar-refractivity contribution in [1.29, 1.82) is 0 Å². The zero-order chi connectivity index (χ0) is 18.0. The quantitative estimate of drug-likeness (QED) is 0.649. The Morgan fingerprint density at radius 2 is 1.92 bits per heavy atom. The number of H-pyrrole nitrogens is 1. The van der Waals surface area contributed by atoms with Crippen molar-refractivity contribution in [2.75, 3.05) is 5.32 Å². The standard InChI is InChI=1S/C18H26N4O2/c1-17(2,3)10-16(23)24-14-8-7-12(9-13(14)18(4,5)6)20-15-11-19-22-21-15/h7-9,11H,10H2,1-6H3,(H2,19,20,21,22). The van der Waals surface area contributed by atoms with Crippen LogP contribution in [-0.4, -0.2) is 21.4 Å². The molecule has 0 amide bonds. The molecule has 0 spiro atoms. The minimum absolute atomic E-state index is 0.104. The van der Waals surface area contributed by atoms with Crippen LogP contribution < -0.4 is 10.1 Å². The first-order valence-corrected chi connectivity index (χ1v) is 8.03. The number of hydrogen-bond donors (Lipinski definition) is 2. The third kappa shape index (κ3) is 5.08. The Labute approximate surface area is 143 Å². The summed E-state index contributed by atoms with van der Waals surface area (Å²) in [5.74, 6) is 1.01. The van der Waals surface area contributed by atoms with Crippen LogP contribution in [0.5, 0.6) is 5.75 Å². The maximum atomic E-state index is 12.2. The number of anilines is 2. The van der Waals surface area contributed by atoms with Crippen molar-refractivity contribution in [3.8, 4) is 5.75 Å². The van der Waals surface area contributed by atoms with Gasteiger partial charge < -0.3 is 10.1 Å². The molecule has 0 fully saturated rings. The SMILES string of the molecule is CC(C)(C)CC(=O)Oc1ccc(Nc2cn[nH]n2)cc1C(C)(C)C. The number of carbonyl (C=O) groups excluding carboxylic acids is 1. The number of benzene rings is 1. The number of nitrogens with zero attached hydrogens (tertiary/aromatic N) is 2. The highest BCUT2D eigenvalue weighted by molar-refractivity contribution is 5.74. The molecular formula is C18H26N4O2. The third-order valence-corrected chi connectivity index (χ3v) is 3.37. The van der Waals surface area contributed by atoms with Gasteiger partial charge in [-0.25, -0.2) is 0 Å². The van der Waals surface area contributed by atoms with E-state index in [9.17, 15) is 4.79 Å². The monoisotopic (exact) mass is 330 g/mol. The summed E-state index contributed by atoms with van der Waals surface area (Å²) in [5, 5.41) is 13.5. The smallest absolute Gasteiger partial charge is 0.311 e. The molecule has 130 valence electrons. The van der Waals surface area contributed by atoms with E-state index < -0.39 is 0 Å². The van der Waals surface area contributed by atoms with Crippen LogP contribution in [0.3, 0.4) is 0 Å². The van der Waals surface area contributed by atoms with Crippen LogP contribution in [0.25, 0.3) is 0 Å². The predicted molar refractivity (Wildman–Crippen MR) is 94.5 cm³/mol. The molecule has 1 aromatic carbocycles. The van der Waals surface area contributed by atoms with Gasteiger partial charge in [-0.15, -0.1) is 5.10 Å². The van der Waals surface area contributed by atoms with Crippen molar-refractivity contribution in [1.82, 2.24) is 15.4 Å². The number of nitrogens with one attached hydrogen (secondary N) is 2. The van der Waals surface area contributed by atoms with Crippen molar-refractivity contribution in [3.05, 3.63) is 30.0 Å². The van der Waals surface area contributed by atoms with Gasteiger partial charge in [-0.3, -0.25) is 4.79 Å². The summed E-state index contributed by atoms with van der Waals surface area (Å²) in [6, 6.07) is 5.67. The van der Waals surface area contributed by atoms with Gasteiger partial charge in [-0.05, 0) is 29.0 Å². The highest BCUT2D eigenvalue weighted by atomic mass is 16.5. The van der Waals surface area contributed by atoms with E-state index in [-0.39, 0.29) is 16.8 Å². The van der Waals surface area contributed by atoms with Gasteiger partial charge in [0.1, 0.15) is 5.75 Å². The Hall–Kier alpha value is -2.37. The van der Waals surface area contributed by atoms with Gasteiger partial charge in [-0.1, -0.05) is 41.5 Å². The lowest BCUT2D eigenvalue weighted by molar-refractivity contribution is -0.136. The Morgan fingerprint density at radius 1 is 1.21 bits per heavy atom. The van der Waals surface area contributed by atoms with Crippen molar-refractivity contribution in [2.24, 2.45) is 5.41 Å². The number of rotatable bonds is 4. The second kappa shape index (κ2) is 6.63. The van der Waals surface area contributed by atoms with Crippen LogP contribution in [0.1, 0.15) is 53.5 Å². The molecule has 6 nitrogen and oxygen atoms in total. The molecule has 0 aliphatic heterocycles. The van der Waals surface area contributed by atoms with Gasteiger partial charge in [0.05, 0.1) is 12.6 Å². The van der Waals surface area contributed by atoms with Crippen LogP contribution >= 0.6 is 0 Å². The molecule has 0 aliphatic rings.